The molecule has 3 fully saturated rings. The summed E-state index contributed by atoms with van der Waals surface area (Å²) in [7, 11) is 2.12. The zero-order chi connectivity index (χ0) is 16.2. The number of hydrogen-bond acceptors (Lipinski definition) is 7. The minimum absolute atomic E-state index is 0.336. The average Bonchev–Trinajstić information content (AvgIpc) is 2.90. The highest BCUT2D eigenvalue weighted by Gasteiger charge is 2.41. The summed E-state index contributed by atoms with van der Waals surface area (Å²) in [5.74, 6) is 1.39. The number of nitrogens with zero attached hydrogens (tertiary/aromatic N) is 1. The second-order valence-corrected chi connectivity index (χ2v) is 7.52. The van der Waals surface area contributed by atoms with Crippen molar-refractivity contribution in [2.75, 3.05) is 33.2 Å². The number of nitrogens with one attached hydrogen (secondary N) is 6. The molecular formula is C16H35N7. The summed E-state index contributed by atoms with van der Waals surface area (Å²) in [6.45, 7) is 8.81. The molecule has 3 aliphatic heterocycles. The Morgan fingerprint density at radius 3 is 2.65 bits per heavy atom. The Labute approximate surface area is 140 Å². The standard InChI is InChI=1S/C16H35N7/c1-11-5-6-14(19-9-11)17-7-4-8-18-15-13-10-20-23(3)16(13)22-12(2)21-15/h11-22H,4-10H2,1-3H3. The third-order valence-corrected chi connectivity index (χ3v) is 5.45. The molecule has 3 aliphatic rings. The van der Waals surface area contributed by atoms with E-state index < -0.39 is 0 Å². The molecule has 7 nitrogen and oxygen atoms in total. The molecule has 0 spiro atoms. The van der Waals surface area contributed by atoms with Crippen LogP contribution < -0.4 is 32.0 Å². The predicted octanol–water partition coefficient (Wildman–Crippen LogP) is -0.841. The first-order valence-corrected chi connectivity index (χ1v) is 9.32. The van der Waals surface area contributed by atoms with Gasteiger partial charge in [0.2, 0.25) is 0 Å². The Bertz CT molecular complexity index is 358. The van der Waals surface area contributed by atoms with Crippen molar-refractivity contribution in [3.63, 3.8) is 0 Å². The van der Waals surface area contributed by atoms with E-state index in [0.717, 1.165) is 38.5 Å². The fourth-order valence-corrected chi connectivity index (χ4v) is 3.98. The third-order valence-electron chi connectivity index (χ3n) is 5.45. The van der Waals surface area contributed by atoms with Gasteiger partial charge in [-0.3, -0.25) is 16.1 Å². The van der Waals surface area contributed by atoms with Gasteiger partial charge >= 0.3 is 0 Å². The van der Waals surface area contributed by atoms with E-state index in [1.807, 2.05) is 0 Å². The summed E-state index contributed by atoms with van der Waals surface area (Å²) < 4.78 is 0. The number of piperidine rings is 1. The number of rotatable bonds is 6. The molecular weight excluding hydrogens is 290 g/mol. The first-order valence-electron chi connectivity index (χ1n) is 9.32. The van der Waals surface area contributed by atoms with Crippen molar-refractivity contribution < 1.29 is 0 Å². The van der Waals surface area contributed by atoms with E-state index in [-0.39, 0.29) is 0 Å². The molecule has 0 aromatic rings. The normalized spacial score (nSPS) is 41.9. The van der Waals surface area contributed by atoms with Gasteiger partial charge in [0.15, 0.2) is 0 Å². The highest BCUT2D eigenvalue weighted by atomic mass is 15.6. The average molecular weight is 326 g/mol. The van der Waals surface area contributed by atoms with Crippen LogP contribution in [0.5, 0.6) is 0 Å². The van der Waals surface area contributed by atoms with Gasteiger partial charge in [-0.1, -0.05) is 6.92 Å². The first kappa shape index (κ1) is 17.5. The molecule has 3 heterocycles. The van der Waals surface area contributed by atoms with Gasteiger partial charge in [-0.15, -0.1) is 0 Å². The maximum Gasteiger partial charge on any atom is 0.0810 e. The number of hydrogen-bond donors (Lipinski definition) is 6. The van der Waals surface area contributed by atoms with E-state index in [9.17, 15) is 0 Å². The van der Waals surface area contributed by atoms with Crippen LogP contribution in [0.1, 0.15) is 33.1 Å². The lowest BCUT2D eigenvalue weighted by Crippen LogP contribution is -2.67. The second kappa shape index (κ2) is 8.20. The molecule has 6 N–H and O–H groups in total. The van der Waals surface area contributed by atoms with Crippen molar-refractivity contribution in [1.29, 1.82) is 0 Å². The summed E-state index contributed by atoms with van der Waals surface area (Å²) in [5.41, 5.74) is 3.43. The summed E-state index contributed by atoms with van der Waals surface area (Å²) in [6, 6.07) is 0. The van der Waals surface area contributed by atoms with E-state index in [2.05, 4.69) is 57.9 Å². The molecule has 0 aromatic carbocycles. The monoisotopic (exact) mass is 325 g/mol. The highest BCUT2D eigenvalue weighted by molar-refractivity contribution is 4.94. The largest absolute Gasteiger partial charge is 0.302 e. The Balaban J connectivity index is 1.32. The summed E-state index contributed by atoms with van der Waals surface area (Å²) in [5, 5.41) is 20.4. The van der Waals surface area contributed by atoms with Gasteiger partial charge in [-0.2, -0.15) is 0 Å². The SMILES string of the molecule is CC1CCC(NCCCNC2NC(C)NC3C2CNN3C)NC1. The van der Waals surface area contributed by atoms with Crippen molar-refractivity contribution in [3.8, 4) is 0 Å². The van der Waals surface area contributed by atoms with Gasteiger partial charge < -0.3 is 16.0 Å². The molecule has 3 rings (SSSR count). The van der Waals surface area contributed by atoms with Crippen molar-refractivity contribution in [1.82, 2.24) is 37.0 Å². The maximum atomic E-state index is 3.71. The van der Waals surface area contributed by atoms with Crippen LogP contribution in [0.15, 0.2) is 0 Å². The maximum absolute atomic E-state index is 3.71. The lowest BCUT2D eigenvalue weighted by Gasteiger charge is -2.41. The molecule has 0 amide bonds. The lowest BCUT2D eigenvalue weighted by molar-refractivity contribution is 0.0939. The second-order valence-electron chi connectivity index (χ2n) is 7.52. The molecule has 0 bridgehead atoms. The Morgan fingerprint density at radius 1 is 1.04 bits per heavy atom. The molecule has 0 aromatic heterocycles. The van der Waals surface area contributed by atoms with E-state index in [1.54, 1.807) is 0 Å². The molecule has 0 radical (unpaired) electrons. The van der Waals surface area contributed by atoms with E-state index in [1.165, 1.54) is 12.8 Å². The molecule has 0 saturated carbocycles. The fourth-order valence-electron chi connectivity index (χ4n) is 3.98. The van der Waals surface area contributed by atoms with Crippen molar-refractivity contribution in [2.45, 2.75) is 57.8 Å². The van der Waals surface area contributed by atoms with E-state index in [4.69, 9.17) is 0 Å². The molecule has 3 saturated heterocycles. The van der Waals surface area contributed by atoms with Crippen LogP contribution >= 0.6 is 0 Å². The molecule has 6 atom stereocenters. The van der Waals surface area contributed by atoms with Crippen molar-refractivity contribution in [3.05, 3.63) is 0 Å². The number of hydrazine groups is 1. The Kier molecular flexibility index (Phi) is 6.25. The van der Waals surface area contributed by atoms with Gasteiger partial charge in [-0.05, 0) is 51.7 Å². The van der Waals surface area contributed by atoms with Crippen molar-refractivity contribution >= 4 is 0 Å². The smallest absolute Gasteiger partial charge is 0.0810 e. The van der Waals surface area contributed by atoms with Crippen LogP contribution in [0, 0.1) is 11.8 Å². The summed E-state index contributed by atoms with van der Waals surface area (Å²) >= 11 is 0. The van der Waals surface area contributed by atoms with Gasteiger partial charge in [0.1, 0.15) is 0 Å². The van der Waals surface area contributed by atoms with Gasteiger partial charge in [-0.25, -0.2) is 5.01 Å². The third kappa shape index (κ3) is 4.63. The quantitative estimate of drug-likeness (QED) is 0.356. The topological polar surface area (TPSA) is 75.4 Å². The minimum Gasteiger partial charge on any atom is -0.302 e. The minimum atomic E-state index is 0.336. The lowest BCUT2D eigenvalue weighted by atomic mass is 10.00. The Morgan fingerprint density at radius 2 is 1.87 bits per heavy atom. The molecule has 7 heteroatoms. The van der Waals surface area contributed by atoms with Crippen LogP contribution in [0.25, 0.3) is 0 Å². The molecule has 6 unspecified atom stereocenters. The highest BCUT2D eigenvalue weighted by Crippen LogP contribution is 2.19. The van der Waals surface area contributed by atoms with Crippen molar-refractivity contribution in [2.24, 2.45) is 11.8 Å². The van der Waals surface area contributed by atoms with Crippen LogP contribution in [0.2, 0.25) is 0 Å². The zero-order valence-corrected chi connectivity index (χ0v) is 14.9. The zero-order valence-electron chi connectivity index (χ0n) is 14.9. The van der Waals surface area contributed by atoms with E-state index in [0.29, 0.717) is 30.6 Å². The van der Waals surface area contributed by atoms with E-state index >= 15 is 0 Å². The summed E-state index contributed by atoms with van der Waals surface area (Å²) in [6.07, 6.45) is 5.39. The van der Waals surface area contributed by atoms with Crippen LogP contribution in [0.4, 0.5) is 0 Å². The van der Waals surface area contributed by atoms with Crippen LogP contribution in [0.3, 0.4) is 0 Å². The predicted molar refractivity (Wildman–Crippen MR) is 93.4 cm³/mol. The molecule has 0 aliphatic carbocycles. The van der Waals surface area contributed by atoms with Crippen LogP contribution in [-0.2, 0) is 0 Å². The fraction of sp³-hybridized carbons (Fsp3) is 1.00. The van der Waals surface area contributed by atoms with Crippen LogP contribution in [-0.4, -0.2) is 62.9 Å². The van der Waals surface area contributed by atoms with Gasteiger partial charge in [0.05, 0.1) is 24.7 Å². The molecule has 134 valence electrons. The summed E-state index contributed by atoms with van der Waals surface area (Å²) in [4.78, 5) is 0. The Hall–Kier alpha value is -0.280. The molecule has 23 heavy (non-hydrogen) atoms. The number of fused-ring (bicyclic) bond motifs is 1. The van der Waals surface area contributed by atoms with Gasteiger partial charge in [0.25, 0.3) is 0 Å². The van der Waals surface area contributed by atoms with Gasteiger partial charge in [0, 0.05) is 19.5 Å². The first-order chi connectivity index (χ1) is 11.1.